The van der Waals surface area contributed by atoms with Crippen molar-refractivity contribution in [2.75, 3.05) is 28.6 Å². The van der Waals surface area contributed by atoms with Crippen LogP contribution < -0.4 is 15.5 Å². The molecule has 2 fully saturated rings. The third-order valence-electron chi connectivity index (χ3n) is 9.25. The molecular weight excluding hydrogens is 689 g/mol. The molecule has 2 saturated heterocycles. The number of anilines is 3. The number of likely N-dealkylation sites (tertiary alicyclic amines) is 2. The Labute approximate surface area is 318 Å². The van der Waals surface area contributed by atoms with Crippen LogP contribution >= 0.6 is 0 Å². The fourth-order valence-electron chi connectivity index (χ4n) is 6.66. The van der Waals surface area contributed by atoms with Gasteiger partial charge in [-0.15, -0.1) is 0 Å². The molecule has 3 aromatic carbocycles. The Bertz CT molecular complexity index is 1640. The maximum absolute atomic E-state index is 13.9. The largest absolute Gasteiger partial charge is 0.444 e. The smallest absolute Gasteiger partial charge is 0.410 e. The highest BCUT2D eigenvalue weighted by Gasteiger charge is 2.36. The zero-order chi connectivity index (χ0) is 39.0. The average molecular weight is 744 g/mol. The minimum absolute atomic E-state index is 0.250. The van der Waals surface area contributed by atoms with Crippen molar-refractivity contribution in [3.63, 3.8) is 0 Å². The number of hydrogen-bond acceptors (Lipinski definition) is 7. The van der Waals surface area contributed by atoms with Crippen molar-refractivity contribution in [2.45, 2.75) is 116 Å². The fourth-order valence-corrected chi connectivity index (χ4v) is 6.66. The van der Waals surface area contributed by atoms with Gasteiger partial charge in [-0.25, -0.2) is 14.0 Å². The molecule has 0 radical (unpaired) electrons. The first-order chi connectivity index (χ1) is 25.5. The van der Waals surface area contributed by atoms with Gasteiger partial charge in [-0.1, -0.05) is 24.3 Å². The third kappa shape index (κ3) is 11.4. The lowest BCUT2D eigenvalue weighted by Crippen LogP contribution is -2.51. The zero-order valence-corrected chi connectivity index (χ0v) is 32.3. The second kappa shape index (κ2) is 17.3. The highest BCUT2D eigenvalue weighted by molar-refractivity contribution is 5.97. The van der Waals surface area contributed by atoms with Crippen LogP contribution in [0.25, 0.3) is 0 Å². The summed E-state index contributed by atoms with van der Waals surface area (Å²) < 4.78 is 25.0. The highest BCUT2D eigenvalue weighted by atomic mass is 19.1. The van der Waals surface area contributed by atoms with Crippen LogP contribution in [0.1, 0.15) is 91.2 Å². The second-order valence-electron chi connectivity index (χ2n) is 16.1. The number of carbonyl (C=O) groups is 4. The zero-order valence-electron chi connectivity index (χ0n) is 32.3. The molecule has 0 spiro atoms. The molecule has 290 valence electrons. The highest BCUT2D eigenvalue weighted by Crippen LogP contribution is 2.26. The van der Waals surface area contributed by atoms with Crippen LogP contribution in [-0.4, -0.2) is 70.2 Å². The normalized spacial score (nSPS) is 17.7. The Morgan fingerprint density at radius 1 is 0.630 bits per heavy atom. The standard InChI is InChI=1S/C42H54FN5O6/c1-41(2,3)53-39(51)47-25-9-7-11-35(47)37(49)44-32-19-13-29(14-20-32)27-46(34-23-17-31(43)18-24-34)28-30-15-21-33(22-16-30)45-38(50)36-12-8-10-26-48(36)40(52)54-42(4,5)6/h13-24,35-36H,7-12,25-28H2,1-6H3,(H,44,49)(H,45,50). The fraction of sp³-hybridized carbons (Fsp3) is 0.476. The van der Waals surface area contributed by atoms with Crippen molar-refractivity contribution in [3.8, 4) is 0 Å². The van der Waals surface area contributed by atoms with E-state index in [4.69, 9.17) is 9.47 Å². The first-order valence-electron chi connectivity index (χ1n) is 18.8. The van der Waals surface area contributed by atoms with E-state index in [9.17, 15) is 23.6 Å². The molecule has 0 bridgehead atoms. The third-order valence-corrected chi connectivity index (χ3v) is 9.25. The Balaban J connectivity index is 1.23. The van der Waals surface area contributed by atoms with E-state index < -0.39 is 35.5 Å². The van der Waals surface area contributed by atoms with Crippen molar-refractivity contribution < 1.29 is 33.0 Å². The van der Waals surface area contributed by atoms with Gasteiger partial charge in [-0.3, -0.25) is 19.4 Å². The molecule has 11 nitrogen and oxygen atoms in total. The van der Waals surface area contributed by atoms with E-state index in [-0.39, 0.29) is 17.6 Å². The molecule has 2 unspecified atom stereocenters. The summed E-state index contributed by atoms with van der Waals surface area (Å²) in [4.78, 5) is 57.5. The summed E-state index contributed by atoms with van der Waals surface area (Å²) in [5.41, 5.74) is 2.69. The molecule has 2 heterocycles. The number of hydrogen-bond donors (Lipinski definition) is 2. The molecule has 0 saturated carbocycles. The van der Waals surface area contributed by atoms with Crippen LogP contribution in [-0.2, 0) is 32.2 Å². The molecule has 12 heteroatoms. The summed E-state index contributed by atoms with van der Waals surface area (Å²) in [6.07, 6.45) is 3.50. The predicted molar refractivity (Wildman–Crippen MR) is 208 cm³/mol. The number of carbonyl (C=O) groups excluding carboxylic acids is 4. The monoisotopic (exact) mass is 743 g/mol. The second-order valence-corrected chi connectivity index (χ2v) is 16.1. The van der Waals surface area contributed by atoms with Crippen LogP contribution in [0.3, 0.4) is 0 Å². The van der Waals surface area contributed by atoms with Crippen molar-refractivity contribution >= 4 is 41.1 Å². The number of amides is 4. The Hall–Kier alpha value is -5.13. The lowest BCUT2D eigenvalue weighted by molar-refractivity contribution is -0.123. The van der Waals surface area contributed by atoms with Gasteiger partial charge in [0.15, 0.2) is 0 Å². The molecule has 0 aromatic heterocycles. The molecule has 4 amide bonds. The molecular formula is C42H54FN5O6. The number of piperidine rings is 2. The predicted octanol–water partition coefficient (Wildman–Crippen LogP) is 8.49. The minimum Gasteiger partial charge on any atom is -0.444 e. The summed E-state index contributed by atoms with van der Waals surface area (Å²) in [6, 6.07) is 20.2. The number of halogens is 1. The number of ether oxygens (including phenoxy) is 2. The maximum Gasteiger partial charge on any atom is 0.410 e. The number of nitrogens with one attached hydrogen (secondary N) is 2. The van der Waals surface area contributed by atoms with Gasteiger partial charge in [0, 0.05) is 43.2 Å². The van der Waals surface area contributed by atoms with Gasteiger partial charge in [0.25, 0.3) is 0 Å². The average Bonchev–Trinajstić information content (AvgIpc) is 3.12. The summed E-state index contributed by atoms with van der Waals surface area (Å²) >= 11 is 0. The molecule has 2 aliphatic rings. The van der Waals surface area contributed by atoms with Crippen molar-refractivity contribution in [3.05, 3.63) is 89.7 Å². The van der Waals surface area contributed by atoms with E-state index in [1.54, 1.807) is 12.1 Å². The Morgan fingerprint density at radius 2 is 1.02 bits per heavy atom. The van der Waals surface area contributed by atoms with Gasteiger partial charge >= 0.3 is 12.2 Å². The van der Waals surface area contributed by atoms with E-state index in [0.717, 1.165) is 42.5 Å². The molecule has 5 rings (SSSR count). The van der Waals surface area contributed by atoms with Crippen LogP contribution in [0.4, 0.5) is 31.0 Å². The van der Waals surface area contributed by atoms with Gasteiger partial charge in [0.1, 0.15) is 29.1 Å². The summed E-state index contributed by atoms with van der Waals surface area (Å²) in [5, 5.41) is 5.95. The van der Waals surface area contributed by atoms with E-state index in [2.05, 4.69) is 15.5 Å². The lowest BCUT2D eigenvalue weighted by Gasteiger charge is -2.35. The first-order valence-corrected chi connectivity index (χ1v) is 18.8. The molecule has 2 atom stereocenters. The van der Waals surface area contributed by atoms with Crippen molar-refractivity contribution in [1.29, 1.82) is 0 Å². The molecule has 54 heavy (non-hydrogen) atoms. The van der Waals surface area contributed by atoms with Gasteiger partial charge in [-0.05, 0) is 140 Å². The minimum atomic E-state index is -0.656. The van der Waals surface area contributed by atoms with E-state index in [0.29, 0.717) is 50.4 Å². The van der Waals surface area contributed by atoms with E-state index in [1.807, 2.05) is 90.1 Å². The number of benzene rings is 3. The van der Waals surface area contributed by atoms with Gasteiger partial charge in [-0.2, -0.15) is 0 Å². The molecule has 3 aromatic rings. The van der Waals surface area contributed by atoms with Gasteiger partial charge in [0.05, 0.1) is 0 Å². The summed E-state index contributed by atoms with van der Waals surface area (Å²) in [6.45, 7) is 12.8. The topological polar surface area (TPSA) is 121 Å². The maximum atomic E-state index is 13.9. The number of nitrogens with zero attached hydrogens (tertiary/aromatic N) is 3. The van der Waals surface area contributed by atoms with Gasteiger partial charge in [0.2, 0.25) is 11.8 Å². The first kappa shape index (κ1) is 40.1. The molecule has 0 aliphatic carbocycles. The van der Waals surface area contributed by atoms with Crippen LogP contribution in [0.15, 0.2) is 72.8 Å². The number of rotatable bonds is 9. The Morgan fingerprint density at radius 3 is 1.39 bits per heavy atom. The quantitative estimate of drug-likeness (QED) is 0.226. The SMILES string of the molecule is CC(C)(C)OC(=O)N1CCCCC1C(=O)Nc1ccc(CN(Cc2ccc(NC(=O)C3CCCCN3C(=O)OC(C)(C)C)cc2)c2ccc(F)cc2)cc1. The lowest BCUT2D eigenvalue weighted by atomic mass is 10.0. The Kier molecular flexibility index (Phi) is 12.9. The molecule has 2 N–H and O–H groups in total. The molecule has 2 aliphatic heterocycles. The van der Waals surface area contributed by atoms with Crippen molar-refractivity contribution in [2.24, 2.45) is 0 Å². The van der Waals surface area contributed by atoms with Crippen LogP contribution in [0, 0.1) is 5.82 Å². The summed E-state index contributed by atoms with van der Waals surface area (Å²) in [7, 11) is 0. The van der Waals surface area contributed by atoms with Crippen LogP contribution in [0.2, 0.25) is 0 Å². The van der Waals surface area contributed by atoms with Crippen molar-refractivity contribution in [1.82, 2.24) is 9.80 Å². The van der Waals surface area contributed by atoms with Crippen LogP contribution in [0.5, 0.6) is 0 Å². The van der Waals surface area contributed by atoms with E-state index in [1.165, 1.54) is 21.9 Å². The summed E-state index contributed by atoms with van der Waals surface area (Å²) in [5.74, 6) is -0.828. The van der Waals surface area contributed by atoms with Gasteiger partial charge < -0.3 is 25.0 Å². The van der Waals surface area contributed by atoms with E-state index >= 15 is 0 Å².